The molecule has 3 atom stereocenters. The van der Waals surface area contributed by atoms with Crippen molar-refractivity contribution < 1.29 is 32.9 Å². The van der Waals surface area contributed by atoms with Crippen LogP contribution in [-0.4, -0.2) is 68.5 Å². The third-order valence-electron chi connectivity index (χ3n) is 13.8. The molecule has 0 saturated carbocycles. The van der Waals surface area contributed by atoms with Gasteiger partial charge in [-0.1, -0.05) is 282 Å². The minimum atomic E-state index is -4.64. The second-order valence-electron chi connectivity index (χ2n) is 22.7. The Hall–Kier alpha value is -3.62. The average Bonchev–Trinajstić information content (AvgIpc) is 3.43. The number of nitrogens with one attached hydrogen (secondary N) is 1. The lowest BCUT2D eigenvalue weighted by atomic mass is 10.0. The highest BCUT2D eigenvalue weighted by atomic mass is 31.2. The number of amides is 1. The molecule has 0 saturated heterocycles. The van der Waals surface area contributed by atoms with Crippen molar-refractivity contribution in [2.24, 2.45) is 0 Å². The third-order valence-corrected chi connectivity index (χ3v) is 14.7. The highest BCUT2D eigenvalue weighted by molar-refractivity contribution is 7.45. The number of hydrogen-bond acceptors (Lipinski definition) is 6. The van der Waals surface area contributed by atoms with Crippen molar-refractivity contribution in [1.82, 2.24) is 5.32 Å². The number of carbonyl (C=O) groups is 1. The van der Waals surface area contributed by atoms with E-state index in [0.717, 1.165) is 83.5 Å². The molecule has 0 aliphatic heterocycles. The van der Waals surface area contributed by atoms with Crippen molar-refractivity contribution >= 4 is 13.7 Å². The fraction of sp³-hybridized carbons (Fsp3) is 0.653. The first-order chi connectivity index (χ1) is 39.5. The first kappa shape index (κ1) is 77.4. The van der Waals surface area contributed by atoms with Gasteiger partial charge in [0.15, 0.2) is 0 Å². The molecule has 0 aromatic heterocycles. The van der Waals surface area contributed by atoms with Crippen LogP contribution in [0.1, 0.15) is 251 Å². The summed E-state index contributed by atoms with van der Waals surface area (Å²) >= 11 is 0. The molecule has 0 aliphatic carbocycles. The monoisotopic (exact) mass is 1140 g/mol. The van der Waals surface area contributed by atoms with E-state index in [1.807, 2.05) is 27.2 Å². The van der Waals surface area contributed by atoms with Crippen molar-refractivity contribution in [3.8, 4) is 0 Å². The number of hydrogen-bond donors (Lipinski definition) is 2. The van der Waals surface area contributed by atoms with Crippen molar-refractivity contribution in [3.05, 3.63) is 146 Å². The van der Waals surface area contributed by atoms with E-state index in [1.54, 1.807) is 6.08 Å². The van der Waals surface area contributed by atoms with Gasteiger partial charge in [0.1, 0.15) is 13.2 Å². The van der Waals surface area contributed by atoms with E-state index < -0.39 is 26.6 Å². The van der Waals surface area contributed by atoms with Gasteiger partial charge in [0, 0.05) is 6.42 Å². The van der Waals surface area contributed by atoms with E-state index in [1.165, 1.54) is 135 Å². The SMILES string of the molecule is CC/C=C\C/C=C\C/C=C\C/C=C\C/C=C\C/C=C\C/C=C\C/C=C\C/C=C\CCCC(=O)NC(COP(=O)([O-])OCC[N+](C)(C)C)C(O)/C=C/CC/C=C/CC/C=C/CCCCCCCCCCCCCCCCCCCCCC. The Morgan fingerprint density at radius 2 is 0.765 bits per heavy atom. The van der Waals surface area contributed by atoms with Crippen molar-refractivity contribution in [1.29, 1.82) is 0 Å². The average molecular weight is 1140 g/mol. The zero-order valence-electron chi connectivity index (χ0n) is 52.7. The Morgan fingerprint density at radius 3 is 1.15 bits per heavy atom. The van der Waals surface area contributed by atoms with Crippen LogP contribution in [0, 0.1) is 0 Å². The molecule has 2 N–H and O–H groups in total. The summed E-state index contributed by atoms with van der Waals surface area (Å²) in [6, 6.07) is -0.954. The number of aliphatic hydroxyl groups is 1. The maximum absolute atomic E-state index is 13.0. The minimum absolute atomic E-state index is 0.0285. The quantitative estimate of drug-likeness (QED) is 0.0272. The fourth-order valence-corrected chi connectivity index (χ4v) is 9.44. The second-order valence-corrected chi connectivity index (χ2v) is 24.1. The standard InChI is InChI=1S/C72H123N2O6P/c1-6-8-10-12-14-16-18-20-22-24-26-28-30-32-34-36-38-39-41-43-45-47-49-51-53-55-57-59-61-63-65-71(75)70(69-80-81(77,78)79-68-67-74(3,4)5)73-72(76)66-64-62-60-58-56-54-52-50-48-46-44-42-40-37-35-33-31-29-27-25-23-21-19-17-15-13-11-9-7-2/h9,11,15,17,21,23,27,29,33,35,40,42,46-49,52,54-55,57-58,60,63,65,70-71,75H,6-8,10,12-14,16,18-20,22,24-26,28,30-32,34,36-39,41,43-45,50-51,53,56,59,61-62,64,66-69H2,1-5H3,(H-,73,76,77,78)/b11-9-,17-15-,23-21-,29-27-,35-33-,42-40-,48-46-,49-47+,54-52-,57-55+,60-58-,65-63+. The van der Waals surface area contributed by atoms with Crippen LogP contribution in [0.4, 0.5) is 0 Å². The van der Waals surface area contributed by atoms with E-state index >= 15 is 0 Å². The topological polar surface area (TPSA) is 108 Å². The summed E-state index contributed by atoms with van der Waals surface area (Å²) in [5.41, 5.74) is 0. The van der Waals surface area contributed by atoms with Gasteiger partial charge >= 0.3 is 0 Å². The van der Waals surface area contributed by atoms with Gasteiger partial charge in [-0.3, -0.25) is 9.36 Å². The molecule has 0 rings (SSSR count). The van der Waals surface area contributed by atoms with Gasteiger partial charge in [-0.05, 0) is 109 Å². The van der Waals surface area contributed by atoms with Gasteiger partial charge in [-0.2, -0.15) is 0 Å². The lowest BCUT2D eigenvalue weighted by Crippen LogP contribution is -2.45. The molecule has 81 heavy (non-hydrogen) atoms. The normalized spacial score (nSPS) is 14.7. The van der Waals surface area contributed by atoms with E-state index in [9.17, 15) is 19.4 Å². The minimum Gasteiger partial charge on any atom is -0.756 e. The summed E-state index contributed by atoms with van der Waals surface area (Å²) in [5.74, 6) is -0.274. The van der Waals surface area contributed by atoms with Crippen LogP contribution in [0.15, 0.2) is 146 Å². The number of quaternary nitrogens is 1. The molecule has 0 fully saturated rings. The molecule has 0 aliphatic rings. The maximum atomic E-state index is 13.0. The van der Waals surface area contributed by atoms with Gasteiger partial charge in [-0.25, -0.2) is 0 Å². The second kappa shape index (κ2) is 61.0. The highest BCUT2D eigenvalue weighted by Crippen LogP contribution is 2.38. The third kappa shape index (κ3) is 63.8. The van der Waals surface area contributed by atoms with Crippen LogP contribution in [0.2, 0.25) is 0 Å². The predicted octanol–water partition coefficient (Wildman–Crippen LogP) is 20.2. The number of rotatable bonds is 58. The van der Waals surface area contributed by atoms with Gasteiger partial charge in [0.05, 0.1) is 39.9 Å². The molecule has 462 valence electrons. The first-order valence-electron chi connectivity index (χ1n) is 32.7. The molecule has 0 aromatic carbocycles. The van der Waals surface area contributed by atoms with Crippen LogP contribution >= 0.6 is 7.82 Å². The predicted molar refractivity (Wildman–Crippen MR) is 352 cm³/mol. The summed E-state index contributed by atoms with van der Waals surface area (Å²) in [5, 5.41) is 13.9. The van der Waals surface area contributed by atoms with Crippen LogP contribution in [0.3, 0.4) is 0 Å². The highest BCUT2D eigenvalue weighted by Gasteiger charge is 2.23. The van der Waals surface area contributed by atoms with Crippen LogP contribution in [0.5, 0.6) is 0 Å². The molecular weight excluding hydrogens is 1020 g/mol. The Bertz CT molecular complexity index is 1830. The number of aliphatic hydroxyl groups excluding tert-OH is 1. The summed E-state index contributed by atoms with van der Waals surface area (Å²) in [4.78, 5) is 25.5. The molecule has 0 aromatic rings. The molecule has 9 heteroatoms. The van der Waals surface area contributed by atoms with Crippen molar-refractivity contribution in [2.45, 2.75) is 264 Å². The zero-order valence-corrected chi connectivity index (χ0v) is 53.6. The van der Waals surface area contributed by atoms with E-state index in [2.05, 4.69) is 153 Å². The van der Waals surface area contributed by atoms with Crippen molar-refractivity contribution in [2.75, 3.05) is 40.9 Å². The maximum Gasteiger partial charge on any atom is 0.268 e. The van der Waals surface area contributed by atoms with Crippen LogP contribution in [-0.2, 0) is 18.4 Å². The van der Waals surface area contributed by atoms with Crippen molar-refractivity contribution in [3.63, 3.8) is 0 Å². The Balaban J connectivity index is 4.35. The summed E-state index contributed by atoms with van der Waals surface area (Å²) in [6.07, 6.45) is 94.0. The van der Waals surface area contributed by atoms with Gasteiger partial charge in [-0.15, -0.1) is 0 Å². The molecule has 8 nitrogen and oxygen atoms in total. The zero-order chi connectivity index (χ0) is 59.1. The number of phosphoric acid groups is 1. The molecular formula is C72H123N2O6P. The summed E-state index contributed by atoms with van der Waals surface area (Å²) in [7, 11) is 1.18. The lowest BCUT2D eigenvalue weighted by molar-refractivity contribution is -0.870. The van der Waals surface area contributed by atoms with Gasteiger partial charge in [0.2, 0.25) is 5.91 Å². The van der Waals surface area contributed by atoms with Crippen LogP contribution in [0.25, 0.3) is 0 Å². The number of unbranched alkanes of at least 4 members (excludes halogenated alkanes) is 23. The first-order valence-corrected chi connectivity index (χ1v) is 34.2. The smallest absolute Gasteiger partial charge is 0.268 e. The summed E-state index contributed by atoms with van der Waals surface area (Å²) in [6.45, 7) is 4.46. The molecule has 1 amide bonds. The Labute approximate surface area is 499 Å². The molecule has 3 unspecified atom stereocenters. The Kier molecular flexibility index (Phi) is 58.2. The molecule has 0 radical (unpaired) electrons. The van der Waals surface area contributed by atoms with Gasteiger partial charge < -0.3 is 28.8 Å². The van der Waals surface area contributed by atoms with E-state index in [4.69, 9.17) is 9.05 Å². The molecule has 0 heterocycles. The number of carbonyl (C=O) groups excluding carboxylic acids is 1. The number of phosphoric ester groups is 1. The summed E-state index contributed by atoms with van der Waals surface area (Å²) < 4.78 is 23.3. The van der Waals surface area contributed by atoms with Gasteiger partial charge in [0.25, 0.3) is 7.82 Å². The number of allylic oxidation sites excluding steroid dienone is 23. The fourth-order valence-electron chi connectivity index (χ4n) is 8.72. The van der Waals surface area contributed by atoms with E-state index in [-0.39, 0.29) is 18.9 Å². The molecule has 0 spiro atoms. The Morgan fingerprint density at radius 1 is 0.444 bits per heavy atom. The molecule has 0 bridgehead atoms. The van der Waals surface area contributed by atoms with Crippen LogP contribution < -0.4 is 10.2 Å². The van der Waals surface area contributed by atoms with E-state index in [0.29, 0.717) is 23.9 Å². The number of nitrogens with zero attached hydrogens (tertiary/aromatic N) is 1. The lowest BCUT2D eigenvalue weighted by Gasteiger charge is -2.29. The largest absolute Gasteiger partial charge is 0.756 e. The number of likely N-dealkylation sites (N-methyl/N-ethyl adjacent to an activating group) is 1.